The summed E-state index contributed by atoms with van der Waals surface area (Å²) in [6.45, 7) is 6.65. The number of hydrogen-bond acceptors (Lipinski definition) is 2. The van der Waals surface area contributed by atoms with E-state index in [0.29, 0.717) is 12.1 Å². The molecule has 0 saturated heterocycles. The fourth-order valence-electron chi connectivity index (χ4n) is 2.15. The molecular weight excluding hydrogens is 214 g/mol. The number of thiophene rings is 1. The molecule has 16 heavy (non-hydrogen) atoms. The molecule has 0 amide bonds. The third-order valence-corrected chi connectivity index (χ3v) is 3.72. The molecule has 1 aromatic carbocycles. The van der Waals surface area contributed by atoms with E-state index < -0.39 is 0 Å². The minimum Gasteiger partial charge on any atom is -0.312 e. The summed E-state index contributed by atoms with van der Waals surface area (Å²) in [5.41, 5.74) is 1.47. The molecule has 1 unspecified atom stereocenters. The Kier molecular flexibility index (Phi) is 3.62. The van der Waals surface area contributed by atoms with Gasteiger partial charge in [0.05, 0.1) is 0 Å². The zero-order chi connectivity index (χ0) is 11.5. The van der Waals surface area contributed by atoms with Crippen LogP contribution in [0.25, 0.3) is 10.1 Å². The molecule has 1 atom stereocenters. The summed E-state index contributed by atoms with van der Waals surface area (Å²) >= 11 is 1.85. The van der Waals surface area contributed by atoms with Crippen LogP contribution in [0.2, 0.25) is 0 Å². The second-order valence-corrected chi connectivity index (χ2v) is 5.59. The Morgan fingerprint density at radius 1 is 1.19 bits per heavy atom. The summed E-state index contributed by atoms with van der Waals surface area (Å²) in [6, 6.07) is 9.75. The molecule has 0 aliphatic rings. The third kappa shape index (κ3) is 2.63. The molecule has 1 nitrogen and oxygen atoms in total. The van der Waals surface area contributed by atoms with Crippen LogP contribution in [0, 0.1) is 0 Å². The van der Waals surface area contributed by atoms with E-state index in [0.717, 1.165) is 6.42 Å². The average Bonchev–Trinajstić information content (AvgIpc) is 2.61. The molecule has 2 aromatic rings. The topological polar surface area (TPSA) is 12.0 Å². The van der Waals surface area contributed by atoms with Gasteiger partial charge in [-0.2, -0.15) is 0 Å². The maximum absolute atomic E-state index is 3.55. The lowest BCUT2D eigenvalue weighted by atomic mass is 10.1. The normalized spacial score (nSPS) is 13.5. The predicted octanol–water partition coefficient (Wildman–Crippen LogP) is 3.83. The Bertz CT molecular complexity index is 458. The molecule has 2 rings (SSSR count). The minimum atomic E-state index is 0.540. The van der Waals surface area contributed by atoms with Gasteiger partial charge in [-0.05, 0) is 35.7 Å². The molecule has 1 aromatic heterocycles. The Hall–Kier alpha value is -0.860. The van der Waals surface area contributed by atoms with Gasteiger partial charge in [-0.15, -0.1) is 11.3 Å². The SMILES string of the molecule is CC(C)NC(C)Cc1csc2ccccc12. The zero-order valence-corrected chi connectivity index (χ0v) is 11.0. The van der Waals surface area contributed by atoms with Crippen molar-refractivity contribution in [2.75, 3.05) is 0 Å². The Morgan fingerprint density at radius 3 is 2.69 bits per heavy atom. The Morgan fingerprint density at radius 2 is 1.94 bits per heavy atom. The van der Waals surface area contributed by atoms with E-state index in [1.165, 1.54) is 15.6 Å². The summed E-state index contributed by atoms with van der Waals surface area (Å²) in [6.07, 6.45) is 1.11. The molecule has 1 N–H and O–H groups in total. The molecule has 0 radical (unpaired) electrons. The standard InChI is InChI=1S/C14H19NS/c1-10(2)15-11(3)8-12-9-16-14-7-5-4-6-13(12)14/h4-7,9-11,15H,8H2,1-3H3. The molecule has 2 heteroatoms. The van der Waals surface area contributed by atoms with Gasteiger partial charge in [0.15, 0.2) is 0 Å². The summed E-state index contributed by atoms with van der Waals surface area (Å²) < 4.78 is 1.40. The summed E-state index contributed by atoms with van der Waals surface area (Å²) in [5, 5.41) is 7.27. The van der Waals surface area contributed by atoms with Gasteiger partial charge in [-0.25, -0.2) is 0 Å². The van der Waals surface area contributed by atoms with Crippen LogP contribution in [0.5, 0.6) is 0 Å². The van der Waals surface area contributed by atoms with Gasteiger partial charge >= 0.3 is 0 Å². The Labute approximate surface area is 101 Å². The summed E-state index contributed by atoms with van der Waals surface area (Å²) in [4.78, 5) is 0. The first-order valence-corrected chi connectivity index (χ1v) is 6.76. The van der Waals surface area contributed by atoms with Crippen molar-refractivity contribution in [3.8, 4) is 0 Å². The van der Waals surface area contributed by atoms with Crippen molar-refractivity contribution in [3.05, 3.63) is 35.2 Å². The van der Waals surface area contributed by atoms with Gasteiger partial charge in [0, 0.05) is 16.8 Å². The van der Waals surface area contributed by atoms with Crippen molar-refractivity contribution in [1.82, 2.24) is 5.32 Å². The van der Waals surface area contributed by atoms with E-state index in [2.05, 4.69) is 55.7 Å². The number of nitrogens with one attached hydrogen (secondary N) is 1. The van der Waals surface area contributed by atoms with Gasteiger partial charge in [0.1, 0.15) is 0 Å². The van der Waals surface area contributed by atoms with Crippen LogP contribution in [0.4, 0.5) is 0 Å². The first-order chi connectivity index (χ1) is 7.66. The quantitative estimate of drug-likeness (QED) is 0.846. The van der Waals surface area contributed by atoms with E-state index >= 15 is 0 Å². The second-order valence-electron chi connectivity index (χ2n) is 4.68. The van der Waals surface area contributed by atoms with E-state index in [1.54, 1.807) is 0 Å². The third-order valence-electron chi connectivity index (χ3n) is 2.71. The van der Waals surface area contributed by atoms with Crippen molar-refractivity contribution < 1.29 is 0 Å². The van der Waals surface area contributed by atoms with Crippen molar-refractivity contribution in [2.45, 2.75) is 39.3 Å². The van der Waals surface area contributed by atoms with Gasteiger partial charge in [-0.3, -0.25) is 0 Å². The van der Waals surface area contributed by atoms with Crippen LogP contribution in [0.1, 0.15) is 26.3 Å². The van der Waals surface area contributed by atoms with Gasteiger partial charge in [0.25, 0.3) is 0 Å². The Balaban J connectivity index is 2.15. The number of fused-ring (bicyclic) bond motifs is 1. The minimum absolute atomic E-state index is 0.540. The number of hydrogen-bond donors (Lipinski definition) is 1. The molecule has 0 bridgehead atoms. The van der Waals surface area contributed by atoms with Crippen LogP contribution in [-0.2, 0) is 6.42 Å². The van der Waals surface area contributed by atoms with Gasteiger partial charge in [0.2, 0.25) is 0 Å². The first-order valence-electron chi connectivity index (χ1n) is 5.88. The van der Waals surface area contributed by atoms with Gasteiger partial charge < -0.3 is 5.32 Å². The predicted molar refractivity (Wildman–Crippen MR) is 73.3 cm³/mol. The van der Waals surface area contributed by atoms with Crippen molar-refractivity contribution >= 4 is 21.4 Å². The highest BCUT2D eigenvalue weighted by atomic mass is 32.1. The lowest BCUT2D eigenvalue weighted by molar-refractivity contribution is 0.489. The second kappa shape index (κ2) is 4.98. The van der Waals surface area contributed by atoms with Crippen molar-refractivity contribution in [3.63, 3.8) is 0 Å². The monoisotopic (exact) mass is 233 g/mol. The molecule has 0 fully saturated rings. The van der Waals surface area contributed by atoms with Crippen molar-refractivity contribution in [2.24, 2.45) is 0 Å². The molecule has 0 spiro atoms. The smallest absolute Gasteiger partial charge is 0.0345 e. The lowest BCUT2D eigenvalue weighted by Crippen LogP contribution is -2.33. The van der Waals surface area contributed by atoms with Gasteiger partial charge in [-0.1, -0.05) is 32.0 Å². The highest BCUT2D eigenvalue weighted by Gasteiger charge is 2.08. The van der Waals surface area contributed by atoms with Crippen LogP contribution in [0.15, 0.2) is 29.6 Å². The molecule has 0 aliphatic carbocycles. The maximum atomic E-state index is 3.55. The molecular formula is C14H19NS. The first kappa shape index (κ1) is 11.6. The molecule has 0 aliphatic heterocycles. The highest BCUT2D eigenvalue weighted by Crippen LogP contribution is 2.26. The maximum Gasteiger partial charge on any atom is 0.0345 e. The number of benzene rings is 1. The molecule has 86 valence electrons. The lowest BCUT2D eigenvalue weighted by Gasteiger charge is -2.16. The average molecular weight is 233 g/mol. The van der Waals surface area contributed by atoms with E-state index in [4.69, 9.17) is 0 Å². The van der Waals surface area contributed by atoms with E-state index in [1.807, 2.05) is 11.3 Å². The van der Waals surface area contributed by atoms with Crippen LogP contribution in [0.3, 0.4) is 0 Å². The molecule has 1 heterocycles. The number of rotatable bonds is 4. The fourth-order valence-corrected chi connectivity index (χ4v) is 3.12. The van der Waals surface area contributed by atoms with Crippen LogP contribution < -0.4 is 5.32 Å². The molecule has 0 saturated carbocycles. The highest BCUT2D eigenvalue weighted by molar-refractivity contribution is 7.17. The van der Waals surface area contributed by atoms with Crippen LogP contribution >= 0.6 is 11.3 Å². The van der Waals surface area contributed by atoms with E-state index in [-0.39, 0.29) is 0 Å². The summed E-state index contributed by atoms with van der Waals surface area (Å²) in [5.74, 6) is 0. The zero-order valence-electron chi connectivity index (χ0n) is 10.2. The fraction of sp³-hybridized carbons (Fsp3) is 0.429. The largest absolute Gasteiger partial charge is 0.312 e. The van der Waals surface area contributed by atoms with Crippen molar-refractivity contribution in [1.29, 1.82) is 0 Å². The van der Waals surface area contributed by atoms with Crippen LogP contribution in [-0.4, -0.2) is 12.1 Å². The summed E-state index contributed by atoms with van der Waals surface area (Å²) in [7, 11) is 0. The van der Waals surface area contributed by atoms with E-state index in [9.17, 15) is 0 Å².